The van der Waals surface area contributed by atoms with E-state index >= 15 is 0 Å². The molecule has 2 amide bonds. The van der Waals surface area contributed by atoms with Gasteiger partial charge in [0.1, 0.15) is 5.03 Å². The number of benzene rings is 1. The number of hydrogen-bond donors (Lipinski definition) is 1. The molecule has 3 rings (SSSR count). The van der Waals surface area contributed by atoms with Crippen LogP contribution in [0.5, 0.6) is 0 Å². The number of halogens is 4. The molecule has 0 radical (unpaired) electrons. The van der Waals surface area contributed by atoms with E-state index < -0.39 is 11.6 Å². The molecule has 2 unspecified atom stereocenters. The van der Waals surface area contributed by atoms with Crippen LogP contribution in [-0.2, 0) is 0 Å². The topological polar surface area (TPSA) is 35.6 Å². The fourth-order valence-electron chi connectivity index (χ4n) is 3.97. The molecule has 2 aliphatic heterocycles. The lowest BCUT2D eigenvalue weighted by atomic mass is 10.1. The zero-order chi connectivity index (χ0) is 21.1. The van der Waals surface area contributed by atoms with Crippen LogP contribution in [0, 0.1) is 24.0 Å². The first-order valence-corrected chi connectivity index (χ1v) is 10.1. The van der Waals surface area contributed by atoms with Gasteiger partial charge in [0.25, 0.3) is 0 Å². The van der Waals surface area contributed by atoms with Gasteiger partial charge in [-0.05, 0) is 38.3 Å². The molecule has 0 aromatic heterocycles. The van der Waals surface area contributed by atoms with Crippen molar-refractivity contribution < 1.29 is 13.6 Å². The molecule has 0 spiro atoms. The fourth-order valence-corrected chi connectivity index (χ4v) is 4.45. The smallest absolute Gasteiger partial charge is 0.322 e. The van der Waals surface area contributed by atoms with E-state index in [4.69, 9.17) is 29.6 Å². The third-order valence-corrected chi connectivity index (χ3v) is 6.00. The number of urea groups is 1. The van der Waals surface area contributed by atoms with Crippen LogP contribution in [0.15, 0.2) is 40.0 Å². The number of hydrogen-bond acceptors (Lipinski definition) is 2. The van der Waals surface area contributed by atoms with Crippen LogP contribution in [-0.4, -0.2) is 41.0 Å². The van der Waals surface area contributed by atoms with Gasteiger partial charge in [-0.1, -0.05) is 35.2 Å². The number of carbonyl (C=O) groups excluding carboxylic acids is 1. The highest BCUT2D eigenvalue weighted by atomic mass is 35.5. The van der Waals surface area contributed by atoms with Crippen molar-refractivity contribution in [2.24, 2.45) is 0 Å². The summed E-state index contributed by atoms with van der Waals surface area (Å²) in [6.45, 7) is 2.97. The van der Waals surface area contributed by atoms with Crippen molar-refractivity contribution in [3.8, 4) is 12.3 Å². The molecule has 0 saturated carbocycles. The molecule has 2 heterocycles. The van der Waals surface area contributed by atoms with Gasteiger partial charge in [-0.3, -0.25) is 0 Å². The van der Waals surface area contributed by atoms with Crippen molar-refractivity contribution in [1.29, 1.82) is 0 Å². The van der Waals surface area contributed by atoms with Crippen molar-refractivity contribution in [1.82, 2.24) is 9.80 Å². The van der Waals surface area contributed by atoms with E-state index in [0.717, 1.165) is 25.0 Å². The van der Waals surface area contributed by atoms with Gasteiger partial charge in [-0.2, -0.15) is 0 Å². The maximum absolute atomic E-state index is 13.5. The first-order valence-electron chi connectivity index (χ1n) is 9.33. The first kappa shape index (κ1) is 21.5. The van der Waals surface area contributed by atoms with Crippen LogP contribution in [0.4, 0.5) is 19.3 Å². The Morgan fingerprint density at radius 2 is 1.97 bits per heavy atom. The monoisotopic (exact) mass is 439 g/mol. The van der Waals surface area contributed by atoms with Crippen molar-refractivity contribution in [2.75, 3.05) is 18.4 Å². The van der Waals surface area contributed by atoms with E-state index in [-0.39, 0.29) is 28.8 Å². The molecule has 4 nitrogen and oxygen atoms in total. The lowest BCUT2D eigenvalue weighted by Gasteiger charge is -2.31. The molecule has 1 aromatic rings. The molecule has 2 aliphatic rings. The van der Waals surface area contributed by atoms with Crippen LogP contribution in [0.3, 0.4) is 0 Å². The van der Waals surface area contributed by atoms with Gasteiger partial charge in [0.2, 0.25) is 0 Å². The molecule has 8 heteroatoms. The number of allylic oxidation sites excluding steroid dienone is 3. The van der Waals surface area contributed by atoms with Gasteiger partial charge < -0.3 is 15.1 Å². The summed E-state index contributed by atoms with van der Waals surface area (Å²) in [5, 5.41) is 3.36. The molecule has 29 heavy (non-hydrogen) atoms. The average Bonchev–Trinajstić information content (AvgIpc) is 3.00. The highest BCUT2D eigenvalue weighted by Gasteiger charge is 2.41. The lowest BCUT2D eigenvalue weighted by molar-refractivity contribution is 0.186. The van der Waals surface area contributed by atoms with Crippen LogP contribution in [0.1, 0.15) is 26.2 Å². The summed E-state index contributed by atoms with van der Waals surface area (Å²) >= 11 is 12.6. The van der Waals surface area contributed by atoms with E-state index in [2.05, 4.69) is 11.2 Å². The van der Waals surface area contributed by atoms with Gasteiger partial charge in [0.05, 0.1) is 16.8 Å². The number of rotatable bonds is 3. The van der Waals surface area contributed by atoms with Crippen LogP contribution in [0.2, 0.25) is 0 Å². The molecule has 1 N–H and O–H groups in total. The standard InChI is InChI=1S/C21H21Cl2F2N3O/c1-3-16(22)20(17(23)4-2)27-10-9-14-6-7-15(12-27)28(14)21(29)26-13-5-8-18(24)19(25)11-13/h1,4-5,8,11,14-15H,6-7,9-10,12H2,2H3,(H,26,29)/b17-4+,20-16-. The molecular weight excluding hydrogens is 419 g/mol. The summed E-state index contributed by atoms with van der Waals surface area (Å²) < 4.78 is 26.6. The molecule has 2 bridgehead atoms. The summed E-state index contributed by atoms with van der Waals surface area (Å²) in [4.78, 5) is 16.7. The Kier molecular flexibility index (Phi) is 6.71. The van der Waals surface area contributed by atoms with Gasteiger partial charge in [-0.25, -0.2) is 13.6 Å². The van der Waals surface area contributed by atoms with Crippen LogP contribution >= 0.6 is 23.2 Å². The van der Waals surface area contributed by atoms with Gasteiger partial charge in [0.15, 0.2) is 11.6 Å². The molecule has 2 atom stereocenters. The Hall–Kier alpha value is -2.23. The Bertz CT molecular complexity index is 910. The van der Waals surface area contributed by atoms with Gasteiger partial charge in [-0.15, -0.1) is 6.42 Å². The quantitative estimate of drug-likeness (QED) is 0.514. The minimum atomic E-state index is -1.01. The predicted octanol–water partition coefficient (Wildman–Crippen LogP) is 5.26. The highest BCUT2D eigenvalue weighted by Crippen LogP contribution is 2.35. The minimum Gasteiger partial charge on any atom is -0.366 e. The number of amides is 2. The minimum absolute atomic E-state index is 0.0329. The lowest BCUT2D eigenvalue weighted by Crippen LogP contribution is -2.45. The third-order valence-electron chi connectivity index (χ3n) is 5.32. The predicted molar refractivity (Wildman–Crippen MR) is 112 cm³/mol. The van der Waals surface area contributed by atoms with Crippen LogP contribution in [0.25, 0.3) is 0 Å². The molecule has 154 valence electrons. The summed E-state index contributed by atoms with van der Waals surface area (Å²) in [6, 6.07) is 2.91. The maximum Gasteiger partial charge on any atom is 0.322 e. The Morgan fingerprint density at radius 1 is 1.24 bits per heavy atom. The number of carbonyl (C=O) groups is 1. The normalized spacial score (nSPS) is 22.7. The van der Waals surface area contributed by atoms with E-state index in [1.807, 2.05) is 4.90 Å². The molecule has 0 aliphatic carbocycles. The Balaban J connectivity index is 1.81. The molecular formula is C21H21Cl2F2N3O. The van der Waals surface area contributed by atoms with Crippen molar-refractivity contribution in [2.45, 2.75) is 38.3 Å². The molecule has 1 aromatic carbocycles. The number of terminal acetylenes is 1. The second-order valence-electron chi connectivity index (χ2n) is 7.03. The van der Waals surface area contributed by atoms with Gasteiger partial charge in [0, 0.05) is 30.9 Å². The third kappa shape index (κ3) is 4.52. The number of likely N-dealkylation sites (tertiary alicyclic amines) is 1. The Morgan fingerprint density at radius 3 is 2.62 bits per heavy atom. The second-order valence-corrected chi connectivity index (χ2v) is 7.81. The molecule has 2 saturated heterocycles. The SMILES string of the molecule is C#C/C(Cl)=C(\C(Cl)=C/C)N1CCC2CCC(C1)N2C(=O)Nc1ccc(F)c(F)c1. The highest BCUT2D eigenvalue weighted by molar-refractivity contribution is 6.36. The van der Waals surface area contributed by atoms with E-state index in [0.29, 0.717) is 30.2 Å². The Labute approximate surface area is 179 Å². The summed E-state index contributed by atoms with van der Waals surface area (Å²) in [7, 11) is 0. The first-order chi connectivity index (χ1) is 13.8. The largest absolute Gasteiger partial charge is 0.366 e. The molecule has 2 fully saturated rings. The number of anilines is 1. The van der Waals surface area contributed by atoms with E-state index in [1.54, 1.807) is 17.9 Å². The zero-order valence-electron chi connectivity index (χ0n) is 15.9. The average molecular weight is 440 g/mol. The van der Waals surface area contributed by atoms with Crippen LogP contribution < -0.4 is 5.32 Å². The number of nitrogens with zero attached hydrogens (tertiary/aromatic N) is 2. The summed E-state index contributed by atoms with van der Waals surface area (Å²) in [5.74, 6) is 0.471. The van der Waals surface area contributed by atoms with E-state index in [9.17, 15) is 13.6 Å². The fraction of sp³-hybridized carbons (Fsp3) is 0.381. The van der Waals surface area contributed by atoms with Crippen molar-refractivity contribution in [3.05, 3.63) is 51.7 Å². The number of fused-ring (bicyclic) bond motifs is 2. The van der Waals surface area contributed by atoms with Gasteiger partial charge >= 0.3 is 6.03 Å². The maximum atomic E-state index is 13.5. The summed E-state index contributed by atoms with van der Waals surface area (Å²) in [6.07, 6.45) is 9.63. The zero-order valence-corrected chi connectivity index (χ0v) is 17.4. The second kappa shape index (κ2) is 9.06. The number of nitrogens with one attached hydrogen (secondary N) is 1. The summed E-state index contributed by atoms with van der Waals surface area (Å²) in [5.41, 5.74) is 0.800. The van der Waals surface area contributed by atoms with E-state index in [1.165, 1.54) is 6.07 Å². The van der Waals surface area contributed by atoms with Crippen molar-refractivity contribution in [3.63, 3.8) is 0 Å². The van der Waals surface area contributed by atoms with Crippen molar-refractivity contribution >= 4 is 34.9 Å².